The van der Waals surface area contributed by atoms with Gasteiger partial charge in [-0.15, -0.1) is 13.2 Å². The fraction of sp³-hybridized carbons (Fsp3) is 0.333. The molecule has 0 spiro atoms. The maximum atomic E-state index is 11.9. The molecule has 1 N–H and O–H groups in total. The second kappa shape index (κ2) is 4.85. The summed E-state index contributed by atoms with van der Waals surface area (Å²) in [4.78, 5) is 0. The molecule has 0 unspecified atom stereocenters. The van der Waals surface area contributed by atoms with Gasteiger partial charge in [0.25, 0.3) is 0 Å². The van der Waals surface area contributed by atoms with Crippen molar-refractivity contribution in [2.45, 2.75) is 12.8 Å². The number of alkyl halides is 3. The summed E-state index contributed by atoms with van der Waals surface area (Å²) >= 11 is 3.06. The van der Waals surface area contributed by atoms with Crippen LogP contribution in [-0.2, 0) is 6.42 Å². The summed E-state index contributed by atoms with van der Waals surface area (Å²) in [7, 11) is 0. The van der Waals surface area contributed by atoms with Gasteiger partial charge < -0.3 is 9.84 Å². The predicted molar refractivity (Wildman–Crippen MR) is 51.6 cm³/mol. The fourth-order valence-electron chi connectivity index (χ4n) is 1.09. The zero-order chi connectivity index (χ0) is 11.5. The van der Waals surface area contributed by atoms with Crippen LogP contribution in [0.5, 0.6) is 5.75 Å². The molecule has 0 bridgehead atoms. The van der Waals surface area contributed by atoms with E-state index in [1.807, 2.05) is 0 Å². The molecule has 1 aromatic carbocycles. The molecule has 84 valence electrons. The molecule has 0 aromatic heterocycles. The summed E-state index contributed by atoms with van der Waals surface area (Å²) in [6.07, 6.45) is -4.41. The smallest absolute Gasteiger partial charge is 0.406 e. The highest BCUT2D eigenvalue weighted by Gasteiger charge is 2.31. The number of hydrogen-bond acceptors (Lipinski definition) is 2. The monoisotopic (exact) mass is 284 g/mol. The molecular formula is C9H8BrF3O2. The van der Waals surface area contributed by atoms with Crippen molar-refractivity contribution < 1.29 is 23.0 Å². The van der Waals surface area contributed by atoms with Crippen LogP contribution in [0.25, 0.3) is 0 Å². The zero-order valence-electron chi connectivity index (χ0n) is 7.51. The van der Waals surface area contributed by atoms with E-state index in [2.05, 4.69) is 20.7 Å². The summed E-state index contributed by atoms with van der Waals surface area (Å²) in [6, 6.07) is 4.09. The van der Waals surface area contributed by atoms with Crippen LogP contribution in [-0.4, -0.2) is 18.1 Å². The maximum Gasteiger partial charge on any atom is 0.573 e. The highest BCUT2D eigenvalue weighted by atomic mass is 79.9. The van der Waals surface area contributed by atoms with Crippen LogP contribution < -0.4 is 4.74 Å². The Kier molecular flexibility index (Phi) is 3.98. The van der Waals surface area contributed by atoms with Crippen LogP contribution in [0.3, 0.4) is 0 Å². The topological polar surface area (TPSA) is 29.5 Å². The highest BCUT2D eigenvalue weighted by molar-refractivity contribution is 9.10. The summed E-state index contributed by atoms with van der Waals surface area (Å²) in [5.74, 6) is -0.291. The minimum atomic E-state index is -4.70. The largest absolute Gasteiger partial charge is 0.573 e. The van der Waals surface area contributed by atoms with E-state index in [4.69, 9.17) is 5.11 Å². The number of halogens is 4. The van der Waals surface area contributed by atoms with Crippen LogP contribution in [0.15, 0.2) is 22.7 Å². The molecule has 0 aliphatic rings. The lowest BCUT2D eigenvalue weighted by Crippen LogP contribution is -2.17. The van der Waals surface area contributed by atoms with E-state index in [1.54, 1.807) is 6.07 Å². The van der Waals surface area contributed by atoms with Gasteiger partial charge in [0.05, 0.1) is 0 Å². The number of hydrogen-bond donors (Lipinski definition) is 1. The Morgan fingerprint density at radius 1 is 1.27 bits per heavy atom. The van der Waals surface area contributed by atoms with E-state index in [9.17, 15) is 13.2 Å². The Morgan fingerprint density at radius 2 is 1.93 bits per heavy atom. The second-order valence-electron chi connectivity index (χ2n) is 2.82. The maximum absolute atomic E-state index is 11.9. The van der Waals surface area contributed by atoms with Crippen LogP contribution in [0.4, 0.5) is 13.2 Å². The third kappa shape index (κ3) is 4.53. The highest BCUT2D eigenvalue weighted by Crippen LogP contribution is 2.27. The molecule has 6 heteroatoms. The number of aliphatic hydroxyl groups is 1. The fourth-order valence-corrected chi connectivity index (χ4v) is 1.61. The van der Waals surface area contributed by atoms with Crippen LogP contribution >= 0.6 is 15.9 Å². The van der Waals surface area contributed by atoms with E-state index < -0.39 is 6.36 Å². The minimum absolute atomic E-state index is 0.123. The zero-order valence-corrected chi connectivity index (χ0v) is 9.10. The molecule has 15 heavy (non-hydrogen) atoms. The van der Waals surface area contributed by atoms with Crippen molar-refractivity contribution in [3.8, 4) is 5.75 Å². The van der Waals surface area contributed by atoms with Gasteiger partial charge in [-0.1, -0.05) is 15.9 Å². The van der Waals surface area contributed by atoms with Crippen LogP contribution in [0.2, 0.25) is 0 Å². The van der Waals surface area contributed by atoms with Crippen molar-refractivity contribution in [1.29, 1.82) is 0 Å². The van der Waals surface area contributed by atoms with Crippen molar-refractivity contribution in [3.05, 3.63) is 28.2 Å². The Balaban J connectivity index is 2.88. The summed E-state index contributed by atoms with van der Waals surface area (Å²) < 4.78 is 39.9. The number of aliphatic hydroxyl groups excluding tert-OH is 1. The predicted octanol–water partition coefficient (Wildman–Crippen LogP) is 2.88. The normalized spacial score (nSPS) is 11.5. The molecule has 0 saturated heterocycles. The van der Waals surface area contributed by atoms with Gasteiger partial charge in [0.1, 0.15) is 5.75 Å². The van der Waals surface area contributed by atoms with Crippen LogP contribution in [0.1, 0.15) is 5.56 Å². The lowest BCUT2D eigenvalue weighted by atomic mass is 10.1. The molecule has 2 nitrogen and oxygen atoms in total. The Bertz CT molecular complexity index is 339. The quantitative estimate of drug-likeness (QED) is 0.925. The molecule has 0 atom stereocenters. The summed E-state index contributed by atoms with van der Waals surface area (Å²) in [5, 5.41) is 8.66. The second-order valence-corrected chi connectivity index (χ2v) is 3.73. The van der Waals surface area contributed by atoms with Crippen molar-refractivity contribution in [1.82, 2.24) is 0 Å². The molecule has 1 rings (SSSR count). The number of benzene rings is 1. The van der Waals surface area contributed by atoms with E-state index in [1.165, 1.54) is 12.1 Å². The molecule has 0 aliphatic heterocycles. The third-order valence-electron chi connectivity index (χ3n) is 1.57. The summed E-state index contributed by atoms with van der Waals surface area (Å²) in [6.45, 7) is -0.123. The van der Waals surface area contributed by atoms with Gasteiger partial charge in [0.15, 0.2) is 0 Å². The van der Waals surface area contributed by atoms with Crippen LogP contribution in [0, 0.1) is 0 Å². The molecule has 0 heterocycles. The van der Waals surface area contributed by atoms with Gasteiger partial charge in [-0.25, -0.2) is 0 Å². The Labute approximate surface area is 92.8 Å². The van der Waals surface area contributed by atoms with E-state index in [0.29, 0.717) is 10.0 Å². The lowest BCUT2D eigenvalue weighted by Gasteiger charge is -2.10. The molecular weight excluding hydrogens is 277 g/mol. The van der Waals surface area contributed by atoms with Crippen molar-refractivity contribution >= 4 is 15.9 Å². The van der Waals surface area contributed by atoms with Gasteiger partial charge in [0, 0.05) is 11.1 Å². The molecule has 0 amide bonds. The average molecular weight is 285 g/mol. The Morgan fingerprint density at radius 3 is 2.47 bits per heavy atom. The van der Waals surface area contributed by atoms with Crippen molar-refractivity contribution in [2.24, 2.45) is 0 Å². The van der Waals surface area contributed by atoms with E-state index in [0.717, 1.165) is 0 Å². The molecule has 1 aromatic rings. The SMILES string of the molecule is OCCc1cc(Br)cc(OC(F)(F)F)c1. The van der Waals surface area contributed by atoms with E-state index >= 15 is 0 Å². The van der Waals surface area contributed by atoms with Gasteiger partial charge >= 0.3 is 6.36 Å². The van der Waals surface area contributed by atoms with E-state index in [-0.39, 0.29) is 18.8 Å². The van der Waals surface area contributed by atoms with Crippen molar-refractivity contribution in [2.75, 3.05) is 6.61 Å². The van der Waals surface area contributed by atoms with Gasteiger partial charge in [-0.2, -0.15) is 0 Å². The molecule has 0 radical (unpaired) electrons. The Hall–Kier alpha value is -0.750. The van der Waals surface area contributed by atoms with Gasteiger partial charge in [-0.3, -0.25) is 0 Å². The average Bonchev–Trinajstić information content (AvgIpc) is 1.99. The molecule has 0 fully saturated rings. The van der Waals surface area contributed by atoms with Gasteiger partial charge in [0.2, 0.25) is 0 Å². The first-order chi connectivity index (χ1) is 6.90. The molecule has 0 aliphatic carbocycles. The lowest BCUT2D eigenvalue weighted by molar-refractivity contribution is -0.274. The van der Waals surface area contributed by atoms with Crippen molar-refractivity contribution in [3.63, 3.8) is 0 Å². The number of ether oxygens (including phenoxy) is 1. The first-order valence-electron chi connectivity index (χ1n) is 4.07. The first-order valence-corrected chi connectivity index (χ1v) is 4.86. The third-order valence-corrected chi connectivity index (χ3v) is 2.02. The number of rotatable bonds is 3. The summed E-state index contributed by atoms with van der Waals surface area (Å²) in [5.41, 5.74) is 0.575. The first kappa shape index (κ1) is 12.3. The molecule has 0 saturated carbocycles. The van der Waals surface area contributed by atoms with Gasteiger partial charge in [-0.05, 0) is 30.2 Å². The minimum Gasteiger partial charge on any atom is -0.406 e. The standard InChI is InChI=1S/C9H8BrF3O2/c10-7-3-6(1-2-14)4-8(5-7)15-9(11,12)13/h3-5,14H,1-2H2.